The number of rotatable bonds is 3. The van der Waals surface area contributed by atoms with Crippen molar-refractivity contribution in [1.29, 1.82) is 0 Å². The number of aromatic nitrogens is 1. The summed E-state index contributed by atoms with van der Waals surface area (Å²) in [4.78, 5) is 8.88. The summed E-state index contributed by atoms with van der Waals surface area (Å²) < 4.78 is 0. The second kappa shape index (κ2) is 8.23. The highest BCUT2D eigenvalue weighted by Gasteiger charge is 2.27. The monoisotopic (exact) mass is 388 g/mol. The predicted molar refractivity (Wildman–Crippen MR) is 114 cm³/mol. The van der Waals surface area contributed by atoms with Crippen LogP contribution in [-0.4, -0.2) is 40.7 Å². The molecule has 0 saturated carbocycles. The molecule has 1 aromatic carbocycles. The molecular formula is C20H25ClN4S. The normalized spacial score (nSPS) is 17.5. The Kier molecular flexibility index (Phi) is 5.99. The first-order valence-corrected chi connectivity index (χ1v) is 9.77. The van der Waals surface area contributed by atoms with E-state index in [4.69, 9.17) is 23.8 Å². The van der Waals surface area contributed by atoms with E-state index in [-0.39, 0.29) is 6.04 Å². The van der Waals surface area contributed by atoms with Gasteiger partial charge in [-0.3, -0.25) is 0 Å². The molecule has 0 aliphatic carbocycles. The second-order valence-corrected chi connectivity index (χ2v) is 7.80. The lowest BCUT2D eigenvalue weighted by molar-refractivity contribution is 0.301. The van der Waals surface area contributed by atoms with E-state index in [9.17, 15) is 0 Å². The van der Waals surface area contributed by atoms with Gasteiger partial charge in [0.25, 0.3) is 0 Å². The minimum absolute atomic E-state index is 0.275. The van der Waals surface area contributed by atoms with Gasteiger partial charge in [-0.25, -0.2) is 4.98 Å². The lowest BCUT2D eigenvalue weighted by Gasteiger charge is -2.41. The molecule has 138 valence electrons. The molecule has 1 aliphatic rings. The van der Waals surface area contributed by atoms with Gasteiger partial charge in [-0.05, 0) is 54.9 Å². The molecule has 2 heterocycles. The molecule has 1 fully saturated rings. The Bertz CT molecular complexity index is 763. The predicted octanol–water partition coefficient (Wildman–Crippen LogP) is 4.77. The molecule has 0 amide bonds. The van der Waals surface area contributed by atoms with Crippen molar-refractivity contribution in [3.63, 3.8) is 0 Å². The summed E-state index contributed by atoms with van der Waals surface area (Å²) in [6.45, 7) is 9.09. The molecule has 0 unspecified atom stereocenters. The van der Waals surface area contributed by atoms with Gasteiger partial charge in [0.05, 0.1) is 5.02 Å². The quantitative estimate of drug-likeness (QED) is 0.766. The van der Waals surface area contributed by atoms with Crippen LogP contribution in [0.1, 0.15) is 32.3 Å². The molecule has 0 spiro atoms. The molecule has 2 aromatic rings. The fourth-order valence-electron chi connectivity index (χ4n) is 3.21. The Morgan fingerprint density at radius 1 is 1.23 bits per heavy atom. The van der Waals surface area contributed by atoms with Crippen LogP contribution in [0.25, 0.3) is 0 Å². The first-order chi connectivity index (χ1) is 12.5. The van der Waals surface area contributed by atoms with E-state index >= 15 is 0 Å². The number of hydrogen-bond donors (Lipinski definition) is 1. The highest BCUT2D eigenvalue weighted by Crippen LogP contribution is 2.25. The largest absolute Gasteiger partial charge is 0.352 e. The molecule has 4 nitrogen and oxygen atoms in total. The first kappa shape index (κ1) is 18.9. The molecular weight excluding hydrogens is 364 g/mol. The van der Waals surface area contributed by atoms with Gasteiger partial charge in [-0.2, -0.15) is 0 Å². The Labute approximate surface area is 166 Å². The van der Waals surface area contributed by atoms with E-state index in [2.05, 4.69) is 65.1 Å². The Morgan fingerprint density at radius 2 is 1.96 bits per heavy atom. The number of anilines is 2. The van der Waals surface area contributed by atoms with Crippen molar-refractivity contribution in [3.05, 3.63) is 53.2 Å². The SMILES string of the molecule is CC(C)c1ccc(NC(=S)N2CCN(c3ncccc3Cl)C[C@H]2C)cc1. The van der Waals surface area contributed by atoms with E-state index in [1.165, 1.54) is 5.56 Å². The fraction of sp³-hybridized carbons (Fsp3) is 0.400. The van der Waals surface area contributed by atoms with E-state index in [1.54, 1.807) is 6.20 Å². The number of nitrogens with zero attached hydrogens (tertiary/aromatic N) is 3. The second-order valence-electron chi connectivity index (χ2n) is 7.00. The van der Waals surface area contributed by atoms with Crippen molar-refractivity contribution in [3.8, 4) is 0 Å². The number of thiocarbonyl (C=S) groups is 1. The number of halogens is 1. The van der Waals surface area contributed by atoms with Crippen LogP contribution in [0.4, 0.5) is 11.5 Å². The molecule has 1 aliphatic heterocycles. The van der Waals surface area contributed by atoms with Crippen LogP contribution in [0.15, 0.2) is 42.6 Å². The minimum atomic E-state index is 0.275. The van der Waals surface area contributed by atoms with E-state index < -0.39 is 0 Å². The van der Waals surface area contributed by atoms with Crippen molar-refractivity contribution >= 4 is 40.4 Å². The maximum absolute atomic E-state index is 6.29. The molecule has 3 rings (SSSR count). The zero-order chi connectivity index (χ0) is 18.7. The maximum atomic E-state index is 6.29. The number of hydrogen-bond acceptors (Lipinski definition) is 3. The Morgan fingerprint density at radius 3 is 2.58 bits per heavy atom. The van der Waals surface area contributed by atoms with Crippen LogP contribution in [0.5, 0.6) is 0 Å². The van der Waals surface area contributed by atoms with Crippen LogP contribution in [0.3, 0.4) is 0 Å². The standard InChI is InChI=1S/C20H25ClN4S/c1-14(2)16-6-8-17(9-7-16)23-20(26)25-12-11-24(13-15(25)3)19-18(21)5-4-10-22-19/h4-10,14-15H,11-13H2,1-3H3,(H,23,26)/t15-/m1/s1. The summed E-state index contributed by atoms with van der Waals surface area (Å²) in [6, 6.07) is 12.5. The topological polar surface area (TPSA) is 31.4 Å². The average molecular weight is 389 g/mol. The van der Waals surface area contributed by atoms with Crippen molar-refractivity contribution in [2.24, 2.45) is 0 Å². The van der Waals surface area contributed by atoms with Crippen LogP contribution in [0.2, 0.25) is 5.02 Å². The molecule has 6 heteroatoms. The van der Waals surface area contributed by atoms with E-state index in [0.29, 0.717) is 10.9 Å². The number of piperazine rings is 1. The number of nitrogens with one attached hydrogen (secondary N) is 1. The average Bonchev–Trinajstić information content (AvgIpc) is 2.62. The molecule has 1 N–H and O–H groups in total. The van der Waals surface area contributed by atoms with Crippen molar-refractivity contribution in [2.45, 2.75) is 32.7 Å². The molecule has 1 aromatic heterocycles. The van der Waals surface area contributed by atoms with E-state index in [0.717, 1.165) is 36.3 Å². The third-order valence-corrected chi connectivity index (χ3v) is 5.39. The van der Waals surface area contributed by atoms with Crippen LogP contribution >= 0.6 is 23.8 Å². The summed E-state index contributed by atoms with van der Waals surface area (Å²) in [5.41, 5.74) is 2.36. The summed E-state index contributed by atoms with van der Waals surface area (Å²) >= 11 is 11.9. The van der Waals surface area contributed by atoms with Gasteiger partial charge in [0, 0.05) is 37.6 Å². The number of pyridine rings is 1. The summed E-state index contributed by atoms with van der Waals surface area (Å²) in [7, 11) is 0. The lowest BCUT2D eigenvalue weighted by Crippen LogP contribution is -2.55. The molecule has 1 saturated heterocycles. The first-order valence-electron chi connectivity index (χ1n) is 8.98. The molecule has 1 atom stereocenters. The highest BCUT2D eigenvalue weighted by molar-refractivity contribution is 7.80. The third kappa shape index (κ3) is 4.27. The molecule has 0 bridgehead atoms. The minimum Gasteiger partial charge on any atom is -0.352 e. The summed E-state index contributed by atoms with van der Waals surface area (Å²) in [6.07, 6.45) is 1.78. The van der Waals surface area contributed by atoms with Gasteiger partial charge in [0.1, 0.15) is 5.82 Å². The van der Waals surface area contributed by atoms with Gasteiger partial charge in [-0.15, -0.1) is 0 Å². The smallest absolute Gasteiger partial charge is 0.173 e. The molecule has 26 heavy (non-hydrogen) atoms. The molecule has 0 radical (unpaired) electrons. The van der Waals surface area contributed by atoms with Gasteiger partial charge >= 0.3 is 0 Å². The highest BCUT2D eigenvalue weighted by atomic mass is 35.5. The summed E-state index contributed by atoms with van der Waals surface area (Å²) in [5, 5.41) is 4.83. The van der Waals surface area contributed by atoms with Crippen LogP contribution in [-0.2, 0) is 0 Å². The fourth-order valence-corrected chi connectivity index (χ4v) is 3.84. The zero-order valence-electron chi connectivity index (χ0n) is 15.4. The van der Waals surface area contributed by atoms with Gasteiger partial charge < -0.3 is 15.1 Å². The van der Waals surface area contributed by atoms with Crippen LogP contribution < -0.4 is 10.2 Å². The van der Waals surface area contributed by atoms with Crippen molar-refractivity contribution < 1.29 is 0 Å². The van der Waals surface area contributed by atoms with Crippen LogP contribution in [0, 0.1) is 0 Å². The van der Waals surface area contributed by atoms with Gasteiger partial charge in [-0.1, -0.05) is 37.6 Å². The van der Waals surface area contributed by atoms with E-state index in [1.807, 2.05) is 12.1 Å². The Hall–Kier alpha value is -1.85. The maximum Gasteiger partial charge on any atom is 0.173 e. The Balaban J connectivity index is 1.62. The van der Waals surface area contributed by atoms with Crippen molar-refractivity contribution in [2.75, 3.05) is 29.9 Å². The zero-order valence-corrected chi connectivity index (χ0v) is 17.0. The third-order valence-electron chi connectivity index (χ3n) is 4.76. The summed E-state index contributed by atoms with van der Waals surface area (Å²) in [5.74, 6) is 1.38. The van der Waals surface area contributed by atoms with Gasteiger partial charge in [0.15, 0.2) is 5.11 Å². The van der Waals surface area contributed by atoms with Crippen molar-refractivity contribution in [1.82, 2.24) is 9.88 Å². The van der Waals surface area contributed by atoms with Gasteiger partial charge in [0.2, 0.25) is 0 Å². The number of benzene rings is 1. The lowest BCUT2D eigenvalue weighted by atomic mass is 10.0.